The third kappa shape index (κ3) is 4.50. The average molecular weight is 313 g/mol. The van der Waals surface area contributed by atoms with Crippen LogP contribution in [0.5, 0.6) is 0 Å². The Kier molecular flexibility index (Phi) is 5.36. The highest BCUT2D eigenvalue weighted by molar-refractivity contribution is 7.99. The number of nitrogen functional groups attached to an aromatic ring is 1. The number of carbonyl (C=O) groups is 1. The second-order valence-electron chi connectivity index (χ2n) is 3.72. The first kappa shape index (κ1) is 16.0. The van der Waals surface area contributed by atoms with Crippen molar-refractivity contribution in [1.29, 1.82) is 0 Å². The molecule has 0 saturated carbocycles. The number of nitrogens with one attached hydrogen (secondary N) is 1. The second-order valence-corrected chi connectivity index (χ2v) is 5.55. The molecule has 1 heterocycles. The number of amides is 1. The fourth-order valence-electron chi connectivity index (χ4n) is 1.42. The molecule has 5 N–H and O–H groups in total. The molecule has 0 unspecified atom stereocenters. The van der Waals surface area contributed by atoms with Crippen molar-refractivity contribution in [2.24, 2.45) is 5.73 Å². The molecule has 0 spiro atoms. The first-order chi connectivity index (χ1) is 8.76. The third-order valence-corrected chi connectivity index (χ3v) is 4.39. The lowest BCUT2D eigenvalue weighted by molar-refractivity contribution is -0.134. The second kappa shape index (κ2) is 6.38. The van der Waals surface area contributed by atoms with Crippen LogP contribution in [0.4, 0.5) is 23.9 Å². The van der Waals surface area contributed by atoms with Crippen LogP contribution < -0.4 is 16.8 Å². The van der Waals surface area contributed by atoms with Crippen LogP contribution in [0.1, 0.15) is 22.5 Å². The van der Waals surface area contributed by atoms with Crippen LogP contribution in [0.25, 0.3) is 0 Å². The standard InChI is InChI=1S/C10H14F3N3OS2/c1-18-7-5(14)6(8(15)17)19-9(7)16-4-2-3-10(11,12)13/h16H,2-4,14H2,1H3,(H2,15,17). The molecule has 0 aliphatic rings. The minimum absolute atomic E-state index is 0.0406. The lowest BCUT2D eigenvalue weighted by Gasteiger charge is -2.08. The molecular weight excluding hydrogens is 299 g/mol. The van der Waals surface area contributed by atoms with Gasteiger partial charge in [-0.05, 0) is 12.7 Å². The Bertz CT molecular complexity index is 460. The van der Waals surface area contributed by atoms with Gasteiger partial charge < -0.3 is 16.8 Å². The summed E-state index contributed by atoms with van der Waals surface area (Å²) in [6.45, 7) is 0.158. The van der Waals surface area contributed by atoms with Gasteiger partial charge >= 0.3 is 6.18 Å². The minimum atomic E-state index is -4.16. The SMILES string of the molecule is CSc1c(NCCCC(F)(F)F)sc(C(N)=O)c1N. The van der Waals surface area contributed by atoms with Crippen molar-refractivity contribution in [3.8, 4) is 0 Å². The fourth-order valence-corrected chi connectivity index (χ4v) is 3.33. The molecule has 1 amide bonds. The van der Waals surface area contributed by atoms with E-state index < -0.39 is 18.5 Å². The highest BCUT2D eigenvalue weighted by atomic mass is 32.2. The number of halogens is 3. The highest BCUT2D eigenvalue weighted by Gasteiger charge is 2.26. The summed E-state index contributed by atoms with van der Waals surface area (Å²) in [6, 6.07) is 0. The molecule has 0 bridgehead atoms. The number of alkyl halides is 3. The maximum Gasteiger partial charge on any atom is 0.389 e. The maximum atomic E-state index is 12.0. The van der Waals surface area contributed by atoms with Crippen molar-refractivity contribution in [2.75, 3.05) is 23.9 Å². The van der Waals surface area contributed by atoms with Gasteiger partial charge in [-0.1, -0.05) is 0 Å². The Morgan fingerprint density at radius 3 is 2.58 bits per heavy atom. The number of carbonyl (C=O) groups excluding carboxylic acids is 1. The van der Waals surface area contributed by atoms with Crippen LogP contribution in [0.15, 0.2) is 4.90 Å². The van der Waals surface area contributed by atoms with Gasteiger partial charge in [-0.2, -0.15) is 13.2 Å². The summed E-state index contributed by atoms with van der Waals surface area (Å²) in [5, 5.41) is 3.45. The van der Waals surface area contributed by atoms with Crippen LogP contribution in [-0.2, 0) is 0 Å². The van der Waals surface area contributed by atoms with Crippen molar-refractivity contribution in [2.45, 2.75) is 23.9 Å². The molecule has 0 aliphatic carbocycles. The van der Waals surface area contributed by atoms with Gasteiger partial charge in [0, 0.05) is 13.0 Å². The van der Waals surface area contributed by atoms with Gasteiger partial charge in [-0.15, -0.1) is 23.1 Å². The number of hydrogen-bond donors (Lipinski definition) is 3. The van der Waals surface area contributed by atoms with Crippen LogP contribution >= 0.6 is 23.1 Å². The molecule has 1 aromatic heterocycles. The smallest absolute Gasteiger partial charge is 0.389 e. The Morgan fingerprint density at radius 2 is 2.11 bits per heavy atom. The van der Waals surface area contributed by atoms with Crippen molar-refractivity contribution in [3.05, 3.63) is 4.88 Å². The van der Waals surface area contributed by atoms with Gasteiger partial charge in [0.25, 0.3) is 5.91 Å². The van der Waals surface area contributed by atoms with Crippen molar-refractivity contribution < 1.29 is 18.0 Å². The number of nitrogens with two attached hydrogens (primary N) is 2. The number of thioether (sulfide) groups is 1. The molecule has 0 aliphatic heterocycles. The Hall–Kier alpha value is -1.09. The van der Waals surface area contributed by atoms with Crippen molar-refractivity contribution in [1.82, 2.24) is 0 Å². The summed E-state index contributed by atoms with van der Waals surface area (Å²) in [5.74, 6) is -0.638. The zero-order valence-electron chi connectivity index (χ0n) is 10.1. The molecule has 9 heteroatoms. The summed E-state index contributed by atoms with van der Waals surface area (Å²) >= 11 is 2.38. The zero-order chi connectivity index (χ0) is 14.6. The fraction of sp³-hybridized carbons (Fsp3) is 0.500. The quantitative estimate of drug-likeness (QED) is 0.557. The number of hydrogen-bond acceptors (Lipinski definition) is 5. The monoisotopic (exact) mass is 313 g/mol. The normalized spacial score (nSPS) is 11.6. The Morgan fingerprint density at radius 1 is 1.47 bits per heavy atom. The minimum Gasteiger partial charge on any atom is -0.396 e. The molecule has 108 valence electrons. The van der Waals surface area contributed by atoms with E-state index >= 15 is 0 Å². The maximum absolute atomic E-state index is 12.0. The van der Waals surface area contributed by atoms with Gasteiger partial charge in [-0.25, -0.2) is 0 Å². The Balaban J connectivity index is 2.68. The Labute approximate surface area is 116 Å². The summed E-state index contributed by atoms with van der Waals surface area (Å²) in [6.07, 6.45) is -3.28. The van der Waals surface area contributed by atoms with Crippen molar-refractivity contribution >= 4 is 39.7 Å². The number of primary amides is 1. The average Bonchev–Trinajstić information content (AvgIpc) is 2.60. The van der Waals surface area contributed by atoms with Crippen LogP contribution in [-0.4, -0.2) is 24.9 Å². The number of thiophene rings is 1. The van der Waals surface area contributed by atoms with E-state index in [-0.39, 0.29) is 23.5 Å². The van der Waals surface area contributed by atoms with Crippen molar-refractivity contribution in [3.63, 3.8) is 0 Å². The first-order valence-electron chi connectivity index (χ1n) is 5.33. The summed E-state index contributed by atoms with van der Waals surface area (Å²) in [4.78, 5) is 12.0. The van der Waals surface area contributed by atoms with E-state index in [2.05, 4.69) is 5.32 Å². The predicted octanol–water partition coefficient (Wildman–Crippen LogP) is 2.91. The zero-order valence-corrected chi connectivity index (χ0v) is 11.8. The molecule has 4 nitrogen and oxygen atoms in total. The molecule has 0 radical (unpaired) electrons. The number of rotatable bonds is 6. The molecule has 1 rings (SSSR count). The molecular formula is C10H14F3N3OS2. The summed E-state index contributed by atoms with van der Waals surface area (Å²) in [7, 11) is 0. The van der Waals surface area contributed by atoms with Crippen LogP contribution in [0, 0.1) is 0 Å². The van der Waals surface area contributed by atoms with E-state index in [1.807, 2.05) is 0 Å². The summed E-state index contributed by atoms with van der Waals surface area (Å²) < 4.78 is 36.0. The lowest BCUT2D eigenvalue weighted by atomic mass is 10.3. The third-order valence-electron chi connectivity index (χ3n) is 2.25. The van der Waals surface area contributed by atoms with E-state index in [1.165, 1.54) is 11.8 Å². The van der Waals surface area contributed by atoms with E-state index in [0.29, 0.717) is 9.90 Å². The van der Waals surface area contributed by atoms with Gasteiger partial charge in [0.05, 0.1) is 10.6 Å². The van der Waals surface area contributed by atoms with Gasteiger partial charge in [0.15, 0.2) is 0 Å². The van der Waals surface area contributed by atoms with Gasteiger partial charge in [-0.3, -0.25) is 4.79 Å². The topological polar surface area (TPSA) is 81.1 Å². The molecule has 0 aromatic carbocycles. The largest absolute Gasteiger partial charge is 0.396 e. The molecule has 0 fully saturated rings. The molecule has 0 saturated heterocycles. The van der Waals surface area contributed by atoms with E-state index in [0.717, 1.165) is 11.3 Å². The predicted molar refractivity (Wildman–Crippen MR) is 72.8 cm³/mol. The van der Waals surface area contributed by atoms with Gasteiger partial charge in [0.2, 0.25) is 0 Å². The summed E-state index contributed by atoms with van der Waals surface area (Å²) in [5.41, 5.74) is 11.2. The van der Waals surface area contributed by atoms with E-state index in [9.17, 15) is 18.0 Å². The lowest BCUT2D eigenvalue weighted by Crippen LogP contribution is -2.10. The first-order valence-corrected chi connectivity index (χ1v) is 7.37. The van der Waals surface area contributed by atoms with Gasteiger partial charge in [0.1, 0.15) is 9.88 Å². The van der Waals surface area contributed by atoms with E-state index in [1.54, 1.807) is 6.26 Å². The number of anilines is 2. The molecule has 1 aromatic rings. The van der Waals surface area contributed by atoms with Crippen LogP contribution in [0.3, 0.4) is 0 Å². The molecule has 19 heavy (non-hydrogen) atoms. The van der Waals surface area contributed by atoms with Crippen LogP contribution in [0.2, 0.25) is 0 Å². The molecule has 0 atom stereocenters. The highest BCUT2D eigenvalue weighted by Crippen LogP contribution is 2.41. The van der Waals surface area contributed by atoms with E-state index in [4.69, 9.17) is 11.5 Å².